The van der Waals surface area contributed by atoms with E-state index < -0.39 is 0 Å². The van der Waals surface area contributed by atoms with Crippen molar-refractivity contribution in [3.05, 3.63) is 0 Å². The molecule has 88 valence electrons. The molecule has 1 fully saturated rings. The summed E-state index contributed by atoms with van der Waals surface area (Å²) in [6, 6.07) is 0. The number of halogens is 1. The minimum Gasteiger partial charge on any atom is -0.355 e. The number of carbonyl (C=O) groups excluding carboxylic acids is 1. The average molecular weight is 232 g/mol. The number of hydrogen-bond donors (Lipinski definition) is 1. The van der Waals surface area contributed by atoms with Crippen molar-refractivity contribution >= 4 is 17.5 Å². The maximum absolute atomic E-state index is 11.6. The van der Waals surface area contributed by atoms with Crippen LogP contribution in [0.4, 0.5) is 0 Å². The van der Waals surface area contributed by atoms with E-state index in [1.54, 1.807) is 0 Å². The fourth-order valence-electron chi connectivity index (χ4n) is 2.13. The second-order valence-electron chi connectivity index (χ2n) is 5.14. The predicted octanol–water partition coefficient (Wildman–Crippen LogP) is 2.95. The van der Waals surface area contributed by atoms with Crippen LogP contribution in [0.15, 0.2) is 0 Å². The van der Waals surface area contributed by atoms with Gasteiger partial charge in [-0.05, 0) is 18.3 Å². The quantitative estimate of drug-likeness (QED) is 0.741. The molecule has 0 aromatic heterocycles. The van der Waals surface area contributed by atoms with Gasteiger partial charge in [0, 0.05) is 18.3 Å². The molecule has 2 nitrogen and oxygen atoms in total. The molecule has 0 spiro atoms. The van der Waals surface area contributed by atoms with Gasteiger partial charge in [0.15, 0.2) is 0 Å². The molecule has 0 bridgehead atoms. The molecule has 1 rings (SSSR count). The first-order valence-corrected chi connectivity index (χ1v) is 6.44. The average Bonchev–Trinajstić information content (AvgIpc) is 2.26. The highest BCUT2D eigenvalue weighted by molar-refractivity contribution is 6.19. The molecule has 15 heavy (non-hydrogen) atoms. The molecule has 0 radical (unpaired) electrons. The molecular weight excluding hydrogens is 210 g/mol. The first-order valence-electron chi connectivity index (χ1n) is 5.91. The summed E-state index contributed by atoms with van der Waals surface area (Å²) in [6.45, 7) is 4.95. The van der Waals surface area contributed by atoms with E-state index >= 15 is 0 Å². The van der Waals surface area contributed by atoms with Crippen molar-refractivity contribution < 1.29 is 4.79 Å². The van der Waals surface area contributed by atoms with Crippen LogP contribution in [-0.4, -0.2) is 18.3 Å². The highest BCUT2D eigenvalue weighted by atomic mass is 35.5. The summed E-state index contributed by atoms with van der Waals surface area (Å²) >= 11 is 5.64. The second kappa shape index (κ2) is 5.74. The number of carbonyl (C=O) groups is 1. The van der Waals surface area contributed by atoms with Crippen LogP contribution in [0.25, 0.3) is 0 Å². The van der Waals surface area contributed by atoms with Crippen molar-refractivity contribution in [3.8, 4) is 0 Å². The molecule has 1 N–H and O–H groups in total. The Morgan fingerprint density at radius 2 is 2.00 bits per heavy atom. The van der Waals surface area contributed by atoms with Crippen LogP contribution in [-0.2, 0) is 4.79 Å². The van der Waals surface area contributed by atoms with Crippen molar-refractivity contribution in [2.45, 2.75) is 46.0 Å². The van der Waals surface area contributed by atoms with Gasteiger partial charge in [0.1, 0.15) is 0 Å². The summed E-state index contributed by atoms with van der Waals surface area (Å²) in [7, 11) is 0. The third-order valence-corrected chi connectivity index (χ3v) is 3.89. The zero-order valence-corrected chi connectivity index (χ0v) is 10.6. The van der Waals surface area contributed by atoms with Crippen molar-refractivity contribution in [2.75, 3.05) is 12.4 Å². The molecule has 0 heterocycles. The Morgan fingerprint density at radius 3 is 2.53 bits per heavy atom. The Hall–Kier alpha value is -0.240. The molecule has 1 atom stereocenters. The third-order valence-electron chi connectivity index (χ3n) is 3.43. The van der Waals surface area contributed by atoms with E-state index in [1.807, 2.05) is 6.92 Å². The van der Waals surface area contributed by atoms with Gasteiger partial charge in [-0.25, -0.2) is 0 Å². The zero-order valence-electron chi connectivity index (χ0n) is 9.81. The Morgan fingerprint density at radius 1 is 1.40 bits per heavy atom. The Labute approximate surface area is 97.8 Å². The SMILES string of the molecule is CC(CCl)C(=O)NCC1(C)CCCCC1. The first kappa shape index (κ1) is 12.8. The highest BCUT2D eigenvalue weighted by Crippen LogP contribution is 2.34. The van der Waals surface area contributed by atoms with E-state index in [0.29, 0.717) is 11.3 Å². The number of nitrogens with one attached hydrogen (secondary N) is 1. The van der Waals surface area contributed by atoms with Crippen molar-refractivity contribution in [3.63, 3.8) is 0 Å². The summed E-state index contributed by atoms with van der Waals surface area (Å²) in [5, 5.41) is 3.02. The number of alkyl halides is 1. The molecule has 1 aliphatic rings. The largest absolute Gasteiger partial charge is 0.355 e. The molecule has 1 unspecified atom stereocenters. The van der Waals surface area contributed by atoms with Gasteiger partial charge < -0.3 is 5.32 Å². The first-order chi connectivity index (χ1) is 7.07. The van der Waals surface area contributed by atoms with E-state index in [2.05, 4.69) is 12.2 Å². The van der Waals surface area contributed by atoms with Gasteiger partial charge in [-0.15, -0.1) is 11.6 Å². The predicted molar refractivity (Wildman–Crippen MR) is 64.1 cm³/mol. The molecular formula is C12H22ClNO. The lowest BCUT2D eigenvalue weighted by Crippen LogP contribution is -2.39. The van der Waals surface area contributed by atoms with E-state index in [0.717, 1.165) is 6.54 Å². The summed E-state index contributed by atoms with van der Waals surface area (Å²) in [5.41, 5.74) is 0.319. The van der Waals surface area contributed by atoms with Gasteiger partial charge in [0.05, 0.1) is 0 Å². The minimum atomic E-state index is -0.0705. The Kier molecular flexibility index (Phi) is 4.91. The summed E-state index contributed by atoms with van der Waals surface area (Å²) in [4.78, 5) is 11.6. The molecule has 0 aromatic carbocycles. The topological polar surface area (TPSA) is 29.1 Å². The van der Waals surface area contributed by atoms with Crippen LogP contribution < -0.4 is 5.32 Å². The molecule has 0 aliphatic heterocycles. The lowest BCUT2D eigenvalue weighted by molar-refractivity contribution is -0.124. The summed E-state index contributed by atoms with van der Waals surface area (Å²) in [6.07, 6.45) is 6.43. The van der Waals surface area contributed by atoms with Crippen molar-refractivity contribution in [1.29, 1.82) is 0 Å². The van der Waals surface area contributed by atoms with E-state index in [4.69, 9.17) is 11.6 Å². The maximum Gasteiger partial charge on any atom is 0.224 e. The smallest absolute Gasteiger partial charge is 0.224 e. The number of hydrogen-bond acceptors (Lipinski definition) is 1. The maximum atomic E-state index is 11.6. The van der Waals surface area contributed by atoms with Gasteiger partial charge in [-0.1, -0.05) is 33.1 Å². The van der Waals surface area contributed by atoms with Crippen LogP contribution in [0.2, 0.25) is 0 Å². The van der Waals surface area contributed by atoms with Gasteiger partial charge in [-0.2, -0.15) is 0 Å². The van der Waals surface area contributed by atoms with Gasteiger partial charge in [-0.3, -0.25) is 4.79 Å². The van der Waals surface area contributed by atoms with Crippen LogP contribution in [0.5, 0.6) is 0 Å². The lowest BCUT2D eigenvalue weighted by atomic mass is 9.75. The van der Waals surface area contributed by atoms with Crippen LogP contribution >= 0.6 is 11.6 Å². The standard InChI is InChI=1S/C12H22ClNO/c1-10(8-13)11(15)14-9-12(2)6-4-3-5-7-12/h10H,3-9H2,1-2H3,(H,14,15). The fourth-order valence-corrected chi connectivity index (χ4v) is 2.27. The van der Waals surface area contributed by atoms with Crippen LogP contribution in [0.1, 0.15) is 46.0 Å². The van der Waals surface area contributed by atoms with Gasteiger partial charge >= 0.3 is 0 Å². The molecule has 1 aliphatic carbocycles. The molecule has 1 saturated carbocycles. The van der Waals surface area contributed by atoms with Crippen LogP contribution in [0, 0.1) is 11.3 Å². The zero-order chi connectivity index (χ0) is 11.3. The summed E-state index contributed by atoms with van der Waals surface area (Å²) in [5.74, 6) is 0.429. The second-order valence-corrected chi connectivity index (χ2v) is 5.45. The monoisotopic (exact) mass is 231 g/mol. The highest BCUT2D eigenvalue weighted by Gasteiger charge is 2.27. The van der Waals surface area contributed by atoms with Crippen molar-refractivity contribution in [2.24, 2.45) is 11.3 Å². The molecule has 3 heteroatoms. The molecule has 0 saturated heterocycles. The number of rotatable bonds is 4. The molecule has 0 aromatic rings. The van der Waals surface area contributed by atoms with Crippen LogP contribution in [0.3, 0.4) is 0 Å². The van der Waals surface area contributed by atoms with E-state index in [-0.39, 0.29) is 11.8 Å². The third kappa shape index (κ3) is 4.02. The Bertz CT molecular complexity index is 212. The Balaban J connectivity index is 2.31. The summed E-state index contributed by atoms with van der Waals surface area (Å²) < 4.78 is 0. The van der Waals surface area contributed by atoms with E-state index in [9.17, 15) is 4.79 Å². The number of amides is 1. The molecule has 1 amide bonds. The normalized spacial score (nSPS) is 22.1. The van der Waals surface area contributed by atoms with E-state index in [1.165, 1.54) is 32.1 Å². The van der Waals surface area contributed by atoms with Crippen molar-refractivity contribution in [1.82, 2.24) is 5.32 Å². The van der Waals surface area contributed by atoms with Gasteiger partial charge in [0.2, 0.25) is 5.91 Å². The lowest BCUT2D eigenvalue weighted by Gasteiger charge is -2.33. The minimum absolute atomic E-state index is 0.0705. The van der Waals surface area contributed by atoms with Gasteiger partial charge in [0.25, 0.3) is 0 Å². The fraction of sp³-hybridized carbons (Fsp3) is 0.917.